The van der Waals surface area contributed by atoms with Gasteiger partial charge in [0, 0.05) is 4.91 Å². The number of azide groups is 1. The second-order valence-corrected chi connectivity index (χ2v) is 4.21. The molecule has 2 heterocycles. The Labute approximate surface area is 117 Å². The first-order chi connectivity index (χ1) is 9.99. The van der Waals surface area contributed by atoms with Crippen LogP contribution >= 0.6 is 0 Å². The lowest BCUT2D eigenvalue weighted by Gasteiger charge is -2.23. The zero-order valence-electron chi connectivity index (χ0n) is 10.8. The molecule has 1 aliphatic rings. The van der Waals surface area contributed by atoms with Crippen molar-refractivity contribution in [3.63, 3.8) is 0 Å². The number of halogens is 1. The largest absolute Gasteiger partial charge is 0.480 e. The van der Waals surface area contributed by atoms with E-state index in [9.17, 15) is 14.6 Å². The standard InChI is InChI=1S/C9H12FN7O4/c1-20-7(11)4-2-17(16-13-4)8-5(10)6(19)9(3-18,21-8)14-15-12/h2,5-6,8,11,18-19H,3H2,1H3/t5-,6-,8+,9+/m0/s1. The Hall–Kier alpha value is -2.27. The van der Waals surface area contributed by atoms with E-state index in [-0.39, 0.29) is 11.6 Å². The average Bonchev–Trinajstić information content (AvgIpc) is 3.06. The molecule has 1 aromatic heterocycles. The average molecular weight is 301 g/mol. The molecule has 2 rings (SSSR count). The van der Waals surface area contributed by atoms with Gasteiger partial charge in [-0.1, -0.05) is 10.3 Å². The van der Waals surface area contributed by atoms with Crippen LogP contribution in [0, 0.1) is 5.41 Å². The van der Waals surface area contributed by atoms with E-state index in [1.807, 2.05) is 0 Å². The van der Waals surface area contributed by atoms with E-state index in [0.717, 1.165) is 4.68 Å². The van der Waals surface area contributed by atoms with Gasteiger partial charge in [-0.2, -0.15) is 0 Å². The van der Waals surface area contributed by atoms with Gasteiger partial charge >= 0.3 is 0 Å². The van der Waals surface area contributed by atoms with Gasteiger partial charge in [-0.25, -0.2) is 9.07 Å². The van der Waals surface area contributed by atoms with Crippen LogP contribution in [0.1, 0.15) is 11.9 Å². The van der Waals surface area contributed by atoms with Crippen molar-refractivity contribution in [2.24, 2.45) is 5.11 Å². The van der Waals surface area contributed by atoms with Gasteiger partial charge in [-0.15, -0.1) is 5.10 Å². The highest BCUT2D eigenvalue weighted by Crippen LogP contribution is 2.39. The van der Waals surface area contributed by atoms with Gasteiger partial charge < -0.3 is 19.7 Å². The van der Waals surface area contributed by atoms with Crippen molar-refractivity contribution in [1.29, 1.82) is 5.41 Å². The number of rotatable bonds is 4. The van der Waals surface area contributed by atoms with Gasteiger partial charge in [0.1, 0.15) is 6.10 Å². The van der Waals surface area contributed by atoms with Crippen molar-refractivity contribution in [1.82, 2.24) is 15.0 Å². The molecule has 1 fully saturated rings. The number of alkyl halides is 1. The van der Waals surface area contributed by atoms with Gasteiger partial charge in [0.15, 0.2) is 18.1 Å². The lowest BCUT2D eigenvalue weighted by molar-refractivity contribution is -0.126. The van der Waals surface area contributed by atoms with Crippen LogP contribution in [-0.2, 0) is 9.47 Å². The summed E-state index contributed by atoms with van der Waals surface area (Å²) < 4.78 is 24.8. The highest BCUT2D eigenvalue weighted by molar-refractivity contribution is 5.88. The third-order valence-electron chi connectivity index (χ3n) is 3.01. The van der Waals surface area contributed by atoms with Crippen molar-refractivity contribution >= 4 is 5.90 Å². The predicted octanol–water partition coefficient (Wildman–Crippen LogP) is -0.523. The number of nitrogens with one attached hydrogen (secondary N) is 1. The minimum absolute atomic E-state index is 0.0214. The molecule has 3 N–H and O–H groups in total. The number of methoxy groups -OCH3 is 1. The summed E-state index contributed by atoms with van der Waals surface area (Å²) >= 11 is 0. The molecular weight excluding hydrogens is 289 g/mol. The maximum Gasteiger partial charge on any atom is 0.235 e. The molecule has 21 heavy (non-hydrogen) atoms. The number of nitrogens with zero attached hydrogens (tertiary/aromatic N) is 6. The van der Waals surface area contributed by atoms with Crippen LogP contribution in [0.5, 0.6) is 0 Å². The third-order valence-corrected chi connectivity index (χ3v) is 3.01. The van der Waals surface area contributed by atoms with Gasteiger partial charge in [-0.05, 0) is 5.53 Å². The fourth-order valence-electron chi connectivity index (χ4n) is 1.88. The van der Waals surface area contributed by atoms with E-state index >= 15 is 0 Å². The maximum absolute atomic E-state index is 14.1. The number of aliphatic hydroxyl groups is 2. The molecule has 1 aromatic rings. The molecule has 0 bridgehead atoms. The van der Waals surface area contributed by atoms with Crippen LogP contribution in [0.3, 0.4) is 0 Å². The van der Waals surface area contributed by atoms with Crippen LogP contribution in [0.15, 0.2) is 11.3 Å². The molecule has 11 nitrogen and oxygen atoms in total. The van der Waals surface area contributed by atoms with Gasteiger partial charge in [0.2, 0.25) is 11.6 Å². The van der Waals surface area contributed by atoms with Crippen molar-refractivity contribution in [2.75, 3.05) is 13.7 Å². The second-order valence-electron chi connectivity index (χ2n) is 4.21. The van der Waals surface area contributed by atoms with Crippen molar-refractivity contribution in [3.8, 4) is 0 Å². The molecule has 0 aromatic carbocycles. The summed E-state index contributed by atoms with van der Waals surface area (Å²) in [7, 11) is 1.26. The Kier molecular flexibility index (Phi) is 4.04. The molecule has 0 radical (unpaired) electrons. The highest BCUT2D eigenvalue weighted by atomic mass is 19.1. The molecule has 0 saturated carbocycles. The molecule has 0 aliphatic carbocycles. The molecule has 1 saturated heterocycles. The zero-order valence-corrected chi connectivity index (χ0v) is 10.8. The predicted molar refractivity (Wildman–Crippen MR) is 63.8 cm³/mol. The van der Waals surface area contributed by atoms with Crippen LogP contribution < -0.4 is 0 Å². The first-order valence-electron chi connectivity index (χ1n) is 5.71. The maximum atomic E-state index is 14.1. The molecule has 114 valence electrons. The fraction of sp³-hybridized carbons (Fsp3) is 0.667. The minimum atomic E-state index is -2.14. The van der Waals surface area contributed by atoms with E-state index < -0.39 is 30.8 Å². The summed E-state index contributed by atoms with van der Waals surface area (Å²) in [6.45, 7) is -0.912. The summed E-state index contributed by atoms with van der Waals surface area (Å²) in [5.41, 5.74) is 6.33. The number of aromatic nitrogens is 3. The van der Waals surface area contributed by atoms with E-state index in [1.165, 1.54) is 13.3 Å². The SMILES string of the molecule is COC(=N)c1cn([C@@H]2O[C@@](CO)(N=[N+]=[N-])[C@@H](O)[C@@H]2F)nn1. The molecule has 0 spiro atoms. The molecular formula is C9H12FN7O4. The smallest absolute Gasteiger partial charge is 0.235 e. The Morgan fingerprint density at radius 1 is 1.81 bits per heavy atom. The number of hydrogen-bond acceptors (Lipinski definition) is 8. The third kappa shape index (κ3) is 2.40. The normalized spacial score (nSPS) is 31.7. The van der Waals surface area contributed by atoms with Crippen LogP contribution in [0.4, 0.5) is 4.39 Å². The zero-order chi connectivity index (χ0) is 15.6. The molecule has 0 amide bonds. The summed E-state index contributed by atoms with van der Waals surface area (Å²) in [6, 6.07) is 0. The van der Waals surface area contributed by atoms with Gasteiger partial charge in [-0.3, -0.25) is 5.41 Å². The number of ether oxygens (including phenoxy) is 2. The molecule has 4 atom stereocenters. The molecule has 0 unspecified atom stereocenters. The summed E-state index contributed by atoms with van der Waals surface area (Å²) in [5.74, 6) is -0.293. The molecule has 1 aliphatic heterocycles. The lowest BCUT2D eigenvalue weighted by atomic mass is 10.1. The lowest BCUT2D eigenvalue weighted by Crippen LogP contribution is -2.43. The first-order valence-corrected chi connectivity index (χ1v) is 5.71. The Balaban J connectivity index is 2.31. The monoisotopic (exact) mass is 301 g/mol. The van der Waals surface area contributed by atoms with Crippen LogP contribution in [0.25, 0.3) is 10.4 Å². The summed E-state index contributed by atoms with van der Waals surface area (Å²) in [6.07, 6.45) is -4.20. The Bertz CT molecular complexity index is 588. The van der Waals surface area contributed by atoms with Crippen LogP contribution in [0.2, 0.25) is 0 Å². The Morgan fingerprint density at radius 3 is 3.10 bits per heavy atom. The summed E-state index contributed by atoms with van der Waals surface area (Å²) in [5, 5.41) is 36.7. The van der Waals surface area contributed by atoms with Crippen molar-refractivity contribution in [3.05, 3.63) is 22.3 Å². The first kappa shape index (κ1) is 15.1. The summed E-state index contributed by atoms with van der Waals surface area (Å²) in [4.78, 5) is 2.43. The Morgan fingerprint density at radius 2 is 2.52 bits per heavy atom. The van der Waals surface area contributed by atoms with E-state index in [1.54, 1.807) is 0 Å². The van der Waals surface area contributed by atoms with E-state index in [2.05, 4.69) is 25.1 Å². The number of hydrogen-bond donors (Lipinski definition) is 3. The van der Waals surface area contributed by atoms with Gasteiger partial charge in [0.05, 0.1) is 19.9 Å². The molecule has 12 heteroatoms. The minimum Gasteiger partial charge on any atom is -0.480 e. The van der Waals surface area contributed by atoms with Crippen molar-refractivity contribution < 1.29 is 24.1 Å². The number of aliphatic hydroxyl groups excluding tert-OH is 2. The quantitative estimate of drug-likeness (QED) is 0.223. The van der Waals surface area contributed by atoms with Crippen molar-refractivity contribution in [2.45, 2.75) is 24.2 Å². The highest BCUT2D eigenvalue weighted by Gasteiger charge is 2.56. The topological polar surface area (TPSA) is 162 Å². The van der Waals surface area contributed by atoms with Crippen LogP contribution in [-0.4, -0.2) is 62.8 Å². The fourth-order valence-corrected chi connectivity index (χ4v) is 1.88. The second kappa shape index (κ2) is 5.61. The van der Waals surface area contributed by atoms with E-state index in [0.29, 0.717) is 0 Å². The van der Waals surface area contributed by atoms with Gasteiger partial charge in [0.25, 0.3) is 0 Å². The van der Waals surface area contributed by atoms with E-state index in [4.69, 9.17) is 15.7 Å².